The molecule has 0 saturated heterocycles. The molecule has 0 spiro atoms. The van der Waals surface area contributed by atoms with Gasteiger partial charge in [-0.1, -0.05) is 48.0 Å². The van der Waals surface area contributed by atoms with Crippen LogP contribution in [0.4, 0.5) is 0 Å². The Morgan fingerprint density at radius 2 is 1.96 bits per heavy atom. The Morgan fingerprint density at radius 3 is 2.74 bits per heavy atom. The molecule has 0 aliphatic carbocycles. The molecule has 1 atom stereocenters. The molecule has 3 aromatic rings. The van der Waals surface area contributed by atoms with Gasteiger partial charge in [0.1, 0.15) is 0 Å². The van der Waals surface area contributed by atoms with Crippen molar-refractivity contribution in [3.05, 3.63) is 89.0 Å². The highest BCUT2D eigenvalue weighted by atomic mass is 35.5. The highest BCUT2D eigenvalue weighted by Gasteiger charge is 2.39. The van der Waals surface area contributed by atoms with E-state index in [-0.39, 0.29) is 4.75 Å². The molecule has 1 aliphatic rings. The second-order valence-corrected chi connectivity index (χ2v) is 7.65. The van der Waals surface area contributed by atoms with Crippen molar-refractivity contribution in [2.45, 2.75) is 17.7 Å². The molecule has 1 aromatic heterocycles. The van der Waals surface area contributed by atoms with Crippen LogP contribution in [0.1, 0.15) is 16.7 Å². The number of benzene rings is 2. The van der Waals surface area contributed by atoms with Crippen LogP contribution in [-0.4, -0.2) is 15.3 Å². The normalized spacial score (nSPS) is 20.2. The van der Waals surface area contributed by atoms with Crippen molar-refractivity contribution < 1.29 is 0 Å². The lowest BCUT2D eigenvalue weighted by Crippen LogP contribution is -2.34. The van der Waals surface area contributed by atoms with Gasteiger partial charge in [-0.25, -0.2) is 4.98 Å². The van der Waals surface area contributed by atoms with Crippen LogP contribution < -0.4 is 0 Å². The van der Waals surface area contributed by atoms with Gasteiger partial charge in [0.05, 0.1) is 11.1 Å². The van der Waals surface area contributed by atoms with Gasteiger partial charge in [0.25, 0.3) is 0 Å². The van der Waals surface area contributed by atoms with Crippen molar-refractivity contribution in [1.82, 2.24) is 9.55 Å². The summed E-state index contributed by atoms with van der Waals surface area (Å²) in [6, 6.07) is 17.1. The van der Waals surface area contributed by atoms with E-state index in [9.17, 15) is 0 Å². The Morgan fingerprint density at radius 1 is 1.13 bits per heavy atom. The summed E-state index contributed by atoms with van der Waals surface area (Å²) in [6.07, 6.45) is 6.90. The van der Waals surface area contributed by atoms with E-state index >= 15 is 0 Å². The van der Waals surface area contributed by atoms with Crippen molar-refractivity contribution in [1.29, 1.82) is 0 Å². The largest absolute Gasteiger partial charge is 0.335 e. The monoisotopic (exact) mass is 340 g/mol. The summed E-state index contributed by atoms with van der Waals surface area (Å²) < 4.78 is 2.07. The van der Waals surface area contributed by atoms with Crippen molar-refractivity contribution in [3.63, 3.8) is 0 Å². The summed E-state index contributed by atoms with van der Waals surface area (Å²) in [5, 5.41) is 0.778. The van der Waals surface area contributed by atoms with Crippen LogP contribution in [0.3, 0.4) is 0 Å². The van der Waals surface area contributed by atoms with E-state index in [4.69, 9.17) is 11.6 Å². The Bertz CT molecular complexity index is 799. The van der Waals surface area contributed by atoms with Crippen molar-refractivity contribution in [2.75, 3.05) is 5.75 Å². The van der Waals surface area contributed by atoms with E-state index < -0.39 is 0 Å². The van der Waals surface area contributed by atoms with Crippen LogP contribution in [0.15, 0.2) is 67.3 Å². The number of hydrogen-bond donors (Lipinski definition) is 0. The number of aromatic nitrogens is 2. The lowest BCUT2D eigenvalue weighted by molar-refractivity contribution is 0.571. The van der Waals surface area contributed by atoms with Crippen LogP contribution in [0, 0.1) is 0 Å². The number of imidazole rings is 1. The number of nitrogens with zero attached hydrogens (tertiary/aromatic N) is 2. The van der Waals surface area contributed by atoms with E-state index in [0.717, 1.165) is 23.7 Å². The van der Waals surface area contributed by atoms with Crippen molar-refractivity contribution >= 4 is 23.4 Å². The molecule has 0 amide bonds. The Labute approximate surface area is 145 Å². The molecule has 1 unspecified atom stereocenters. The molecule has 0 N–H and O–H groups in total. The number of aryl methyl sites for hydroxylation is 1. The maximum atomic E-state index is 6.12. The highest BCUT2D eigenvalue weighted by Crippen LogP contribution is 2.49. The zero-order valence-electron chi connectivity index (χ0n) is 12.7. The molecule has 23 heavy (non-hydrogen) atoms. The van der Waals surface area contributed by atoms with Crippen LogP contribution >= 0.6 is 23.4 Å². The zero-order chi connectivity index (χ0) is 15.7. The molecule has 0 saturated carbocycles. The summed E-state index contributed by atoms with van der Waals surface area (Å²) in [5.41, 5.74) is 4.15. The second kappa shape index (κ2) is 6.06. The van der Waals surface area contributed by atoms with Gasteiger partial charge in [-0.2, -0.15) is 0 Å². The second-order valence-electron chi connectivity index (χ2n) is 5.82. The first kappa shape index (κ1) is 14.9. The predicted octanol–water partition coefficient (Wildman–Crippen LogP) is 4.77. The third kappa shape index (κ3) is 2.68. The summed E-state index contributed by atoms with van der Waals surface area (Å²) >= 11 is 8.14. The van der Waals surface area contributed by atoms with E-state index in [1.54, 1.807) is 0 Å². The average molecular weight is 341 g/mol. The maximum absolute atomic E-state index is 6.12. The SMILES string of the molecule is Clc1ccc(C2(Cn3ccnc3)SCCc3ccccc32)cc1. The van der Waals surface area contributed by atoms with Crippen LogP contribution in [0.2, 0.25) is 5.02 Å². The van der Waals surface area contributed by atoms with E-state index in [1.807, 2.05) is 42.6 Å². The molecule has 2 nitrogen and oxygen atoms in total. The Balaban J connectivity index is 1.90. The lowest BCUT2D eigenvalue weighted by atomic mass is 9.85. The van der Waals surface area contributed by atoms with Crippen LogP contribution in [-0.2, 0) is 17.7 Å². The third-order valence-electron chi connectivity index (χ3n) is 4.45. The highest BCUT2D eigenvalue weighted by molar-refractivity contribution is 8.00. The molecule has 1 aliphatic heterocycles. The first-order valence-electron chi connectivity index (χ1n) is 7.72. The van der Waals surface area contributed by atoms with Gasteiger partial charge in [-0.15, -0.1) is 11.8 Å². The van der Waals surface area contributed by atoms with Crippen LogP contribution in [0.25, 0.3) is 0 Å². The summed E-state index contributed by atoms with van der Waals surface area (Å²) in [5.74, 6) is 1.12. The molecular formula is C19H17ClN2S. The number of halogens is 1. The standard InChI is InChI=1S/C19H17ClN2S/c20-17-7-5-16(6-8-17)19(13-22-11-10-21-14-22)18-4-2-1-3-15(18)9-12-23-19/h1-8,10-11,14H,9,12-13H2. The molecule has 4 heteroatoms. The summed E-state index contributed by atoms with van der Waals surface area (Å²) in [4.78, 5) is 4.22. The smallest absolute Gasteiger partial charge is 0.0946 e. The number of fused-ring (bicyclic) bond motifs is 1. The molecule has 2 heterocycles. The molecule has 0 radical (unpaired) electrons. The van der Waals surface area contributed by atoms with Crippen LogP contribution in [0.5, 0.6) is 0 Å². The molecule has 0 fully saturated rings. The molecule has 0 bridgehead atoms. The minimum absolute atomic E-state index is 0.0971. The predicted molar refractivity (Wildman–Crippen MR) is 97.1 cm³/mol. The first-order chi connectivity index (χ1) is 11.3. The lowest BCUT2D eigenvalue weighted by Gasteiger charge is -2.39. The van der Waals surface area contributed by atoms with E-state index in [2.05, 4.69) is 45.9 Å². The summed E-state index contributed by atoms with van der Waals surface area (Å²) in [6.45, 7) is 0.871. The summed E-state index contributed by atoms with van der Waals surface area (Å²) in [7, 11) is 0. The van der Waals surface area contributed by atoms with Gasteiger partial charge in [-0.05, 0) is 41.0 Å². The Hall–Kier alpha value is -1.71. The molecule has 2 aromatic carbocycles. The topological polar surface area (TPSA) is 17.8 Å². The van der Waals surface area contributed by atoms with Crippen molar-refractivity contribution in [2.24, 2.45) is 0 Å². The average Bonchev–Trinajstić information content (AvgIpc) is 3.09. The Kier molecular flexibility index (Phi) is 3.92. The third-order valence-corrected chi connectivity index (χ3v) is 6.19. The molecular weight excluding hydrogens is 324 g/mol. The quantitative estimate of drug-likeness (QED) is 0.683. The number of thioether (sulfide) groups is 1. The minimum atomic E-state index is -0.0971. The van der Waals surface area contributed by atoms with Gasteiger partial charge >= 0.3 is 0 Å². The fourth-order valence-electron chi connectivity index (χ4n) is 3.36. The van der Waals surface area contributed by atoms with Gasteiger partial charge < -0.3 is 4.57 Å². The van der Waals surface area contributed by atoms with Gasteiger partial charge in [0.2, 0.25) is 0 Å². The van der Waals surface area contributed by atoms with Gasteiger partial charge in [0, 0.05) is 24.0 Å². The molecule has 4 rings (SSSR count). The molecule has 116 valence electrons. The minimum Gasteiger partial charge on any atom is -0.335 e. The number of hydrogen-bond acceptors (Lipinski definition) is 2. The van der Waals surface area contributed by atoms with Gasteiger partial charge in [-0.3, -0.25) is 0 Å². The van der Waals surface area contributed by atoms with Crippen molar-refractivity contribution in [3.8, 4) is 0 Å². The fraction of sp³-hybridized carbons (Fsp3) is 0.211. The maximum Gasteiger partial charge on any atom is 0.0946 e. The van der Waals surface area contributed by atoms with E-state index in [0.29, 0.717) is 0 Å². The fourth-order valence-corrected chi connectivity index (χ4v) is 5.06. The van der Waals surface area contributed by atoms with E-state index in [1.165, 1.54) is 16.7 Å². The zero-order valence-corrected chi connectivity index (χ0v) is 14.2. The number of rotatable bonds is 3. The van der Waals surface area contributed by atoms with Gasteiger partial charge in [0.15, 0.2) is 0 Å². The first-order valence-corrected chi connectivity index (χ1v) is 9.08.